The van der Waals surface area contributed by atoms with Gasteiger partial charge in [0.05, 0.1) is 5.56 Å². The van der Waals surface area contributed by atoms with E-state index in [0.717, 1.165) is 5.56 Å². The summed E-state index contributed by atoms with van der Waals surface area (Å²) in [6.45, 7) is 3.61. The summed E-state index contributed by atoms with van der Waals surface area (Å²) in [7, 11) is -4.01. The van der Waals surface area contributed by atoms with Crippen LogP contribution in [0.15, 0.2) is 53.4 Å². The average Bonchev–Trinajstić information content (AvgIpc) is 2.97. The predicted molar refractivity (Wildman–Crippen MR) is 119 cm³/mol. The van der Waals surface area contributed by atoms with Crippen molar-refractivity contribution in [3.05, 3.63) is 64.7 Å². The summed E-state index contributed by atoms with van der Waals surface area (Å²) in [5.41, 5.74) is 0.852. The van der Waals surface area contributed by atoms with E-state index in [1.807, 2.05) is 0 Å². The van der Waals surface area contributed by atoms with E-state index in [1.54, 1.807) is 50.2 Å². The van der Waals surface area contributed by atoms with Gasteiger partial charge in [-0.15, -0.1) is 0 Å². The summed E-state index contributed by atoms with van der Waals surface area (Å²) in [6, 6.07) is 12.0. The largest absolute Gasteiger partial charge is 0.355 e. The molecule has 1 aliphatic rings. The molecule has 0 saturated carbocycles. The fourth-order valence-electron chi connectivity index (χ4n) is 3.48. The summed E-state index contributed by atoms with van der Waals surface area (Å²) in [6.07, 6.45) is -0.254. The van der Waals surface area contributed by atoms with Crippen molar-refractivity contribution < 1.29 is 22.8 Å². The predicted octanol–water partition coefficient (Wildman–Crippen LogP) is 2.43. The van der Waals surface area contributed by atoms with Crippen molar-refractivity contribution in [1.29, 1.82) is 0 Å². The summed E-state index contributed by atoms with van der Waals surface area (Å²) < 4.78 is 26.2. The first kappa shape index (κ1) is 23.7. The standard InChI is InChI=1S/C22H24ClN3O5S/c1-3-24-21(28)15(2)25(14-16-8-10-17(23)11-9-16)20(27)12-13-26-22(29)18-6-4-5-7-19(18)32(26,30)31/h4-11,15H,3,12-14H2,1-2H3,(H,24,28)/t15-/m1/s1. The molecule has 3 rings (SSSR count). The Labute approximate surface area is 192 Å². The van der Waals surface area contributed by atoms with Gasteiger partial charge in [0.15, 0.2) is 0 Å². The average molecular weight is 478 g/mol. The molecule has 0 fully saturated rings. The highest BCUT2D eigenvalue weighted by atomic mass is 35.5. The molecule has 170 valence electrons. The zero-order valence-electron chi connectivity index (χ0n) is 17.7. The number of nitrogens with zero attached hydrogens (tertiary/aromatic N) is 2. The number of halogens is 1. The Balaban J connectivity index is 1.78. The molecular weight excluding hydrogens is 454 g/mol. The summed E-state index contributed by atoms with van der Waals surface area (Å²) in [5, 5.41) is 3.23. The third kappa shape index (κ3) is 4.78. The van der Waals surface area contributed by atoms with E-state index < -0.39 is 27.9 Å². The van der Waals surface area contributed by atoms with Crippen molar-refractivity contribution in [2.45, 2.75) is 37.8 Å². The van der Waals surface area contributed by atoms with Gasteiger partial charge in [0.2, 0.25) is 11.8 Å². The van der Waals surface area contributed by atoms with Crippen LogP contribution in [0.5, 0.6) is 0 Å². The lowest BCUT2D eigenvalue weighted by molar-refractivity contribution is -0.140. The molecule has 8 nitrogen and oxygen atoms in total. The molecule has 0 bridgehead atoms. The number of sulfonamides is 1. The fraction of sp³-hybridized carbons (Fsp3) is 0.318. The van der Waals surface area contributed by atoms with Crippen LogP contribution in [0.2, 0.25) is 5.02 Å². The third-order valence-corrected chi connectivity index (χ3v) is 7.32. The molecule has 1 aliphatic heterocycles. The number of fused-ring (bicyclic) bond motifs is 1. The van der Waals surface area contributed by atoms with Gasteiger partial charge in [-0.05, 0) is 43.7 Å². The van der Waals surface area contributed by atoms with Gasteiger partial charge in [-0.2, -0.15) is 0 Å². The summed E-state index contributed by atoms with van der Waals surface area (Å²) >= 11 is 5.93. The molecular formula is C22H24ClN3O5S. The van der Waals surface area contributed by atoms with Crippen molar-refractivity contribution in [1.82, 2.24) is 14.5 Å². The molecule has 0 saturated heterocycles. The zero-order chi connectivity index (χ0) is 23.5. The maximum atomic E-state index is 13.1. The smallest absolute Gasteiger partial charge is 0.269 e. The monoisotopic (exact) mass is 477 g/mol. The van der Waals surface area contributed by atoms with E-state index in [4.69, 9.17) is 11.6 Å². The van der Waals surface area contributed by atoms with Gasteiger partial charge in [-0.25, -0.2) is 12.7 Å². The third-order valence-electron chi connectivity index (χ3n) is 5.23. The van der Waals surface area contributed by atoms with Crippen LogP contribution in [-0.4, -0.2) is 54.5 Å². The molecule has 0 radical (unpaired) electrons. The second kappa shape index (κ2) is 9.70. The van der Waals surface area contributed by atoms with Crippen molar-refractivity contribution in [3.63, 3.8) is 0 Å². The molecule has 2 aromatic rings. The van der Waals surface area contributed by atoms with Gasteiger partial charge in [0, 0.05) is 31.1 Å². The quantitative estimate of drug-likeness (QED) is 0.628. The number of likely N-dealkylation sites (N-methyl/N-ethyl adjacent to an activating group) is 1. The molecule has 2 aromatic carbocycles. The van der Waals surface area contributed by atoms with Crippen molar-refractivity contribution in [2.75, 3.05) is 13.1 Å². The van der Waals surface area contributed by atoms with Crippen molar-refractivity contribution in [3.8, 4) is 0 Å². The molecule has 3 amide bonds. The number of amides is 3. The Morgan fingerprint density at radius 3 is 2.41 bits per heavy atom. The Morgan fingerprint density at radius 1 is 1.12 bits per heavy atom. The highest BCUT2D eigenvalue weighted by Crippen LogP contribution is 2.30. The number of hydrogen-bond donors (Lipinski definition) is 1. The SMILES string of the molecule is CCNC(=O)[C@@H](C)N(Cc1ccc(Cl)cc1)C(=O)CCN1C(=O)c2ccccc2S1(=O)=O. The van der Waals surface area contributed by atoms with Crippen LogP contribution in [0.4, 0.5) is 0 Å². The van der Waals surface area contributed by atoms with Crippen LogP contribution < -0.4 is 5.32 Å². The van der Waals surface area contributed by atoms with E-state index in [-0.39, 0.29) is 35.9 Å². The number of benzene rings is 2. The van der Waals surface area contributed by atoms with E-state index >= 15 is 0 Å². The van der Waals surface area contributed by atoms with Crippen molar-refractivity contribution >= 4 is 39.3 Å². The minimum atomic E-state index is -4.01. The molecule has 0 unspecified atom stereocenters. The number of carbonyl (C=O) groups is 3. The maximum absolute atomic E-state index is 13.1. The fourth-order valence-corrected chi connectivity index (χ4v) is 5.18. The van der Waals surface area contributed by atoms with E-state index in [9.17, 15) is 22.8 Å². The van der Waals surface area contributed by atoms with Crippen LogP contribution in [0, 0.1) is 0 Å². The van der Waals surface area contributed by atoms with Gasteiger partial charge in [0.25, 0.3) is 15.9 Å². The topological polar surface area (TPSA) is 104 Å². The molecule has 1 atom stereocenters. The molecule has 32 heavy (non-hydrogen) atoms. The minimum absolute atomic E-state index is 0.0637. The van der Waals surface area contributed by atoms with Crippen LogP contribution in [0.25, 0.3) is 0 Å². The Hall–Kier alpha value is -2.91. The Bertz CT molecular complexity index is 1130. The lowest BCUT2D eigenvalue weighted by atomic mass is 10.1. The van der Waals surface area contributed by atoms with E-state index in [1.165, 1.54) is 17.0 Å². The van der Waals surface area contributed by atoms with E-state index in [2.05, 4.69) is 5.32 Å². The molecule has 0 aliphatic carbocycles. The molecule has 1 heterocycles. The minimum Gasteiger partial charge on any atom is -0.355 e. The number of carbonyl (C=O) groups excluding carboxylic acids is 3. The van der Waals surface area contributed by atoms with Crippen LogP contribution in [-0.2, 0) is 26.2 Å². The zero-order valence-corrected chi connectivity index (χ0v) is 19.3. The normalized spacial score (nSPS) is 15.2. The second-order valence-corrected chi connectivity index (χ2v) is 9.61. The number of nitrogens with one attached hydrogen (secondary N) is 1. The van der Waals surface area contributed by atoms with Gasteiger partial charge in [-0.3, -0.25) is 14.4 Å². The van der Waals surface area contributed by atoms with Crippen LogP contribution in [0.3, 0.4) is 0 Å². The van der Waals surface area contributed by atoms with E-state index in [0.29, 0.717) is 15.9 Å². The van der Waals surface area contributed by atoms with Gasteiger partial charge >= 0.3 is 0 Å². The lowest BCUT2D eigenvalue weighted by Crippen LogP contribution is -2.48. The molecule has 0 aromatic heterocycles. The summed E-state index contributed by atoms with van der Waals surface area (Å²) in [5.74, 6) is -1.43. The van der Waals surface area contributed by atoms with Gasteiger partial charge < -0.3 is 10.2 Å². The maximum Gasteiger partial charge on any atom is 0.269 e. The highest BCUT2D eigenvalue weighted by molar-refractivity contribution is 7.90. The summed E-state index contributed by atoms with van der Waals surface area (Å²) in [4.78, 5) is 39.4. The second-order valence-electron chi connectivity index (χ2n) is 7.35. The molecule has 10 heteroatoms. The first-order valence-corrected chi connectivity index (χ1v) is 12.0. The molecule has 0 spiro atoms. The van der Waals surface area contributed by atoms with Gasteiger partial charge in [-0.1, -0.05) is 35.9 Å². The Morgan fingerprint density at radius 2 is 1.78 bits per heavy atom. The Kier molecular flexibility index (Phi) is 7.20. The number of hydrogen-bond acceptors (Lipinski definition) is 5. The van der Waals surface area contributed by atoms with Crippen molar-refractivity contribution in [2.24, 2.45) is 0 Å². The first-order chi connectivity index (χ1) is 15.2. The highest BCUT2D eigenvalue weighted by Gasteiger charge is 2.41. The first-order valence-electron chi connectivity index (χ1n) is 10.1. The van der Waals surface area contributed by atoms with Crippen LogP contribution in [0.1, 0.15) is 36.2 Å². The molecule has 1 N–H and O–H groups in total. The number of rotatable bonds is 8. The lowest BCUT2D eigenvalue weighted by Gasteiger charge is -2.29. The van der Waals surface area contributed by atoms with Crippen LogP contribution >= 0.6 is 11.6 Å². The van der Waals surface area contributed by atoms with Gasteiger partial charge in [0.1, 0.15) is 10.9 Å².